The third-order valence-corrected chi connectivity index (χ3v) is 2.15. The van der Waals surface area contributed by atoms with Crippen LogP contribution in [0.25, 0.3) is 11.3 Å². The largest absolute Gasteiger partial charge is 0.477 e. The smallest absolute Gasteiger partial charge is 0.174 e. The van der Waals surface area contributed by atoms with E-state index in [0.717, 1.165) is 17.0 Å². The summed E-state index contributed by atoms with van der Waals surface area (Å²) in [6.07, 6.45) is 3.33. The van der Waals surface area contributed by atoms with E-state index in [4.69, 9.17) is 10.00 Å². The van der Waals surface area contributed by atoms with Crippen LogP contribution in [0.3, 0.4) is 0 Å². The number of pyridine rings is 1. The average Bonchev–Trinajstić information content (AvgIpc) is 2.74. The predicted octanol–water partition coefficient (Wildman–Crippen LogP) is 1.68. The van der Waals surface area contributed by atoms with E-state index in [9.17, 15) is 0 Å². The Morgan fingerprint density at radius 1 is 1.44 bits per heavy atom. The van der Waals surface area contributed by atoms with Crippen molar-refractivity contribution in [3.8, 4) is 23.1 Å². The molecule has 0 saturated carbocycles. The van der Waals surface area contributed by atoms with E-state index in [-0.39, 0.29) is 6.61 Å². The maximum absolute atomic E-state index is 8.36. The van der Waals surface area contributed by atoms with Crippen LogP contribution in [0.15, 0.2) is 24.5 Å². The summed E-state index contributed by atoms with van der Waals surface area (Å²) in [6, 6.07) is 5.52. The number of aromatic nitrogens is 3. The van der Waals surface area contributed by atoms with E-state index in [1.54, 1.807) is 18.5 Å². The second-order valence-electron chi connectivity index (χ2n) is 3.23. The standard InChI is InChI=1S/C11H10N4O/c1-8-10(7-14-15-8)11-3-2-9(6-13-11)16-5-4-12/h2-3,6-7H,5H2,1H3,(H,14,15). The number of ether oxygens (including phenoxy) is 1. The zero-order chi connectivity index (χ0) is 11.4. The van der Waals surface area contributed by atoms with Gasteiger partial charge < -0.3 is 4.74 Å². The molecule has 2 rings (SSSR count). The molecule has 0 atom stereocenters. The fourth-order valence-electron chi connectivity index (χ4n) is 1.35. The molecule has 5 nitrogen and oxygen atoms in total. The molecule has 5 heteroatoms. The molecule has 0 fully saturated rings. The second-order valence-corrected chi connectivity index (χ2v) is 3.23. The monoisotopic (exact) mass is 214 g/mol. The minimum absolute atomic E-state index is 0.0335. The molecular formula is C11H10N4O. The Morgan fingerprint density at radius 3 is 2.88 bits per heavy atom. The number of H-pyrrole nitrogens is 1. The molecule has 1 N–H and O–H groups in total. The Hall–Kier alpha value is -2.35. The van der Waals surface area contributed by atoms with Crippen LogP contribution in [0.2, 0.25) is 0 Å². The average molecular weight is 214 g/mol. The molecule has 0 saturated heterocycles. The van der Waals surface area contributed by atoms with Crippen molar-refractivity contribution in [3.05, 3.63) is 30.2 Å². The first-order valence-electron chi connectivity index (χ1n) is 4.77. The first-order chi connectivity index (χ1) is 7.81. The summed E-state index contributed by atoms with van der Waals surface area (Å²) in [5.41, 5.74) is 2.76. The summed E-state index contributed by atoms with van der Waals surface area (Å²) in [4.78, 5) is 4.24. The number of nitrogens with zero attached hydrogens (tertiary/aromatic N) is 3. The highest BCUT2D eigenvalue weighted by Gasteiger charge is 2.04. The van der Waals surface area contributed by atoms with Gasteiger partial charge in [-0.2, -0.15) is 10.4 Å². The molecular weight excluding hydrogens is 204 g/mol. The van der Waals surface area contributed by atoms with Gasteiger partial charge in [0.2, 0.25) is 0 Å². The maximum atomic E-state index is 8.36. The number of hydrogen-bond donors (Lipinski definition) is 1. The molecule has 2 aromatic rings. The molecule has 0 aliphatic heterocycles. The Balaban J connectivity index is 2.20. The lowest BCUT2D eigenvalue weighted by Gasteiger charge is -2.02. The number of hydrogen-bond acceptors (Lipinski definition) is 4. The van der Waals surface area contributed by atoms with Crippen molar-refractivity contribution in [2.45, 2.75) is 6.92 Å². The lowest BCUT2D eigenvalue weighted by Crippen LogP contribution is -1.94. The molecule has 2 aromatic heterocycles. The van der Waals surface area contributed by atoms with Crippen molar-refractivity contribution in [3.63, 3.8) is 0 Å². The van der Waals surface area contributed by atoms with Crippen molar-refractivity contribution in [2.24, 2.45) is 0 Å². The molecule has 0 amide bonds. The summed E-state index contributed by atoms with van der Waals surface area (Å²) in [5.74, 6) is 0.589. The van der Waals surface area contributed by atoms with E-state index in [1.807, 2.05) is 19.1 Å². The number of aryl methyl sites for hydroxylation is 1. The summed E-state index contributed by atoms with van der Waals surface area (Å²) in [6.45, 7) is 1.97. The van der Waals surface area contributed by atoms with E-state index >= 15 is 0 Å². The zero-order valence-electron chi connectivity index (χ0n) is 8.77. The summed E-state index contributed by atoms with van der Waals surface area (Å²) >= 11 is 0. The molecule has 80 valence electrons. The molecule has 0 aromatic carbocycles. The molecule has 16 heavy (non-hydrogen) atoms. The van der Waals surface area contributed by atoms with E-state index in [2.05, 4.69) is 15.2 Å². The van der Waals surface area contributed by atoms with Gasteiger partial charge in [-0.1, -0.05) is 0 Å². The number of aromatic amines is 1. The fraction of sp³-hybridized carbons (Fsp3) is 0.182. The van der Waals surface area contributed by atoms with Crippen LogP contribution in [0.4, 0.5) is 0 Å². The van der Waals surface area contributed by atoms with Gasteiger partial charge in [-0.05, 0) is 19.1 Å². The Bertz CT molecular complexity index is 510. The Labute approximate surface area is 92.7 Å². The highest BCUT2D eigenvalue weighted by atomic mass is 16.5. The van der Waals surface area contributed by atoms with Crippen molar-refractivity contribution in [1.29, 1.82) is 5.26 Å². The van der Waals surface area contributed by atoms with E-state index in [1.165, 1.54) is 0 Å². The van der Waals surface area contributed by atoms with Gasteiger partial charge in [0.25, 0.3) is 0 Å². The van der Waals surface area contributed by atoms with Crippen molar-refractivity contribution in [1.82, 2.24) is 15.2 Å². The Kier molecular flexibility index (Phi) is 2.83. The molecule has 2 heterocycles. The lowest BCUT2D eigenvalue weighted by atomic mass is 10.2. The molecule has 0 radical (unpaired) electrons. The number of nitriles is 1. The highest BCUT2D eigenvalue weighted by Crippen LogP contribution is 2.20. The van der Waals surface area contributed by atoms with Gasteiger partial charge in [-0.25, -0.2) is 0 Å². The normalized spacial score (nSPS) is 9.75. The number of rotatable bonds is 3. The van der Waals surface area contributed by atoms with Gasteiger partial charge in [0, 0.05) is 11.3 Å². The van der Waals surface area contributed by atoms with Crippen molar-refractivity contribution in [2.75, 3.05) is 6.61 Å². The summed E-state index contributed by atoms with van der Waals surface area (Å²) in [5, 5.41) is 15.1. The van der Waals surface area contributed by atoms with Crippen LogP contribution in [0.5, 0.6) is 5.75 Å². The first kappa shape index (κ1) is 10.2. The van der Waals surface area contributed by atoms with Crippen molar-refractivity contribution < 1.29 is 4.74 Å². The Morgan fingerprint density at radius 2 is 2.31 bits per heavy atom. The van der Waals surface area contributed by atoms with Crippen LogP contribution in [-0.4, -0.2) is 21.8 Å². The van der Waals surface area contributed by atoms with Crippen LogP contribution >= 0.6 is 0 Å². The molecule has 0 aliphatic carbocycles. The van der Waals surface area contributed by atoms with E-state index < -0.39 is 0 Å². The minimum atomic E-state index is 0.0335. The summed E-state index contributed by atoms with van der Waals surface area (Å²) < 4.78 is 5.11. The van der Waals surface area contributed by atoms with Crippen LogP contribution in [-0.2, 0) is 0 Å². The van der Waals surface area contributed by atoms with Gasteiger partial charge in [0.15, 0.2) is 6.61 Å². The predicted molar refractivity (Wildman–Crippen MR) is 57.7 cm³/mol. The summed E-state index contributed by atoms with van der Waals surface area (Å²) in [7, 11) is 0. The third-order valence-electron chi connectivity index (χ3n) is 2.15. The molecule has 0 unspecified atom stereocenters. The SMILES string of the molecule is Cc1[nH]ncc1-c1ccc(OCC#N)cn1. The van der Waals surface area contributed by atoms with Gasteiger partial charge in [0.1, 0.15) is 11.8 Å². The van der Waals surface area contributed by atoms with Crippen LogP contribution in [0, 0.1) is 18.3 Å². The minimum Gasteiger partial charge on any atom is -0.477 e. The molecule has 0 aliphatic rings. The maximum Gasteiger partial charge on any atom is 0.174 e. The van der Waals surface area contributed by atoms with Crippen LogP contribution < -0.4 is 4.74 Å². The second kappa shape index (κ2) is 4.45. The molecule has 0 spiro atoms. The van der Waals surface area contributed by atoms with Gasteiger partial charge in [0.05, 0.1) is 18.1 Å². The highest BCUT2D eigenvalue weighted by molar-refractivity contribution is 5.60. The third kappa shape index (κ3) is 2.01. The fourth-order valence-corrected chi connectivity index (χ4v) is 1.35. The van der Waals surface area contributed by atoms with Gasteiger partial charge in [-0.3, -0.25) is 10.1 Å². The number of nitrogens with one attached hydrogen (secondary N) is 1. The van der Waals surface area contributed by atoms with Crippen LogP contribution in [0.1, 0.15) is 5.69 Å². The van der Waals surface area contributed by atoms with Crippen molar-refractivity contribution >= 4 is 0 Å². The quantitative estimate of drug-likeness (QED) is 0.843. The van der Waals surface area contributed by atoms with Gasteiger partial charge in [-0.15, -0.1) is 0 Å². The first-order valence-corrected chi connectivity index (χ1v) is 4.77. The molecule has 0 bridgehead atoms. The lowest BCUT2D eigenvalue weighted by molar-refractivity contribution is 0.366. The van der Waals surface area contributed by atoms with Gasteiger partial charge >= 0.3 is 0 Å². The topological polar surface area (TPSA) is 74.6 Å². The zero-order valence-corrected chi connectivity index (χ0v) is 8.77. The van der Waals surface area contributed by atoms with E-state index in [0.29, 0.717) is 5.75 Å².